The van der Waals surface area contributed by atoms with Crippen molar-refractivity contribution in [2.75, 3.05) is 18.1 Å². The van der Waals surface area contributed by atoms with E-state index >= 15 is 0 Å². The number of thioether (sulfide) groups is 1. The van der Waals surface area contributed by atoms with Crippen LogP contribution in [0, 0.1) is 0 Å². The zero-order valence-corrected chi connectivity index (χ0v) is 9.99. The second-order valence-corrected chi connectivity index (χ2v) is 4.72. The molecule has 1 fully saturated rings. The van der Waals surface area contributed by atoms with E-state index in [0.29, 0.717) is 12.4 Å². The summed E-state index contributed by atoms with van der Waals surface area (Å²) >= 11 is 1.61. The number of carboxylic acid groups (broad SMARTS) is 1. The fourth-order valence-corrected chi connectivity index (χ4v) is 2.37. The van der Waals surface area contributed by atoms with Crippen LogP contribution in [0.5, 0.6) is 0 Å². The molecule has 8 heteroatoms. The summed E-state index contributed by atoms with van der Waals surface area (Å²) in [7, 11) is 0. The number of nitrogens with zero attached hydrogens (tertiary/aromatic N) is 2. The SMILES string of the molecule is O=C(O)c1cnc(C2CSCCO2)nc1C(F)F. The summed E-state index contributed by atoms with van der Waals surface area (Å²) in [6, 6.07) is 0. The van der Waals surface area contributed by atoms with Gasteiger partial charge in [0.15, 0.2) is 5.82 Å². The molecular formula is C10H10F2N2O3S. The average molecular weight is 276 g/mol. The molecule has 2 rings (SSSR count). The molecule has 18 heavy (non-hydrogen) atoms. The van der Waals surface area contributed by atoms with Crippen LogP contribution >= 0.6 is 11.8 Å². The Kier molecular flexibility index (Phi) is 4.07. The molecule has 1 aromatic heterocycles. The first-order valence-corrected chi connectivity index (χ1v) is 6.32. The van der Waals surface area contributed by atoms with Gasteiger partial charge in [0.2, 0.25) is 0 Å². The van der Waals surface area contributed by atoms with Crippen LogP contribution in [0.3, 0.4) is 0 Å². The molecule has 98 valence electrons. The molecule has 0 aromatic carbocycles. The van der Waals surface area contributed by atoms with Gasteiger partial charge in [0.05, 0.1) is 6.61 Å². The van der Waals surface area contributed by atoms with Crippen LogP contribution in [0.4, 0.5) is 8.78 Å². The smallest absolute Gasteiger partial charge is 0.339 e. The van der Waals surface area contributed by atoms with Crippen LogP contribution < -0.4 is 0 Å². The summed E-state index contributed by atoms with van der Waals surface area (Å²) < 4.78 is 30.8. The number of hydrogen-bond donors (Lipinski definition) is 1. The molecule has 1 aromatic rings. The van der Waals surface area contributed by atoms with E-state index in [1.165, 1.54) is 0 Å². The predicted molar refractivity (Wildman–Crippen MR) is 60.0 cm³/mol. The summed E-state index contributed by atoms with van der Waals surface area (Å²) in [6.45, 7) is 0.503. The minimum Gasteiger partial charge on any atom is -0.478 e. The van der Waals surface area contributed by atoms with Gasteiger partial charge in [-0.15, -0.1) is 0 Å². The monoisotopic (exact) mass is 276 g/mol. The molecule has 0 bridgehead atoms. The van der Waals surface area contributed by atoms with Crippen molar-refractivity contribution >= 4 is 17.7 Å². The van der Waals surface area contributed by atoms with Gasteiger partial charge in [-0.1, -0.05) is 0 Å². The highest BCUT2D eigenvalue weighted by molar-refractivity contribution is 7.99. The summed E-state index contributed by atoms with van der Waals surface area (Å²) in [6.07, 6.45) is -2.49. The van der Waals surface area contributed by atoms with Crippen LogP contribution in [-0.4, -0.2) is 39.2 Å². The average Bonchev–Trinajstić information content (AvgIpc) is 2.39. The predicted octanol–water partition coefficient (Wildman–Crippen LogP) is 1.92. The van der Waals surface area contributed by atoms with Gasteiger partial charge < -0.3 is 9.84 Å². The van der Waals surface area contributed by atoms with Crippen molar-refractivity contribution < 1.29 is 23.4 Å². The molecule has 0 saturated carbocycles. The van der Waals surface area contributed by atoms with Gasteiger partial charge in [-0.2, -0.15) is 11.8 Å². The van der Waals surface area contributed by atoms with E-state index in [1.807, 2.05) is 0 Å². The first-order valence-electron chi connectivity index (χ1n) is 5.17. The van der Waals surface area contributed by atoms with E-state index < -0.39 is 29.8 Å². The molecule has 0 radical (unpaired) electrons. The first kappa shape index (κ1) is 13.2. The maximum absolute atomic E-state index is 12.7. The molecule has 1 aliphatic heterocycles. The van der Waals surface area contributed by atoms with Crippen molar-refractivity contribution in [1.82, 2.24) is 9.97 Å². The highest BCUT2D eigenvalue weighted by atomic mass is 32.2. The van der Waals surface area contributed by atoms with Crippen molar-refractivity contribution in [2.24, 2.45) is 0 Å². The number of aromatic nitrogens is 2. The summed E-state index contributed by atoms with van der Waals surface area (Å²) in [5, 5.41) is 8.77. The summed E-state index contributed by atoms with van der Waals surface area (Å²) in [5.74, 6) is 0.0684. The van der Waals surface area contributed by atoms with E-state index in [0.717, 1.165) is 11.9 Å². The number of aromatic carboxylic acids is 1. The van der Waals surface area contributed by atoms with Gasteiger partial charge in [-0.05, 0) is 0 Å². The lowest BCUT2D eigenvalue weighted by Crippen LogP contribution is -2.20. The fourth-order valence-electron chi connectivity index (χ4n) is 1.53. The standard InChI is InChI=1S/C10H10F2N2O3S/c11-8(12)7-5(10(15)16)3-13-9(14-7)6-4-18-2-1-17-6/h3,6,8H,1-2,4H2,(H,15,16). The zero-order valence-electron chi connectivity index (χ0n) is 9.18. The Labute approximate surface area is 106 Å². The van der Waals surface area contributed by atoms with Gasteiger partial charge >= 0.3 is 5.97 Å². The molecule has 1 unspecified atom stereocenters. The van der Waals surface area contributed by atoms with E-state index in [2.05, 4.69) is 9.97 Å². The Morgan fingerprint density at radius 3 is 2.94 bits per heavy atom. The number of halogens is 2. The third kappa shape index (κ3) is 2.75. The third-order valence-corrected chi connectivity index (χ3v) is 3.37. The Morgan fingerprint density at radius 2 is 2.39 bits per heavy atom. The second-order valence-electron chi connectivity index (χ2n) is 3.57. The normalized spacial score (nSPS) is 20.1. The van der Waals surface area contributed by atoms with Crippen LogP contribution in [0.15, 0.2) is 6.20 Å². The maximum Gasteiger partial charge on any atom is 0.339 e. The van der Waals surface area contributed by atoms with E-state index in [-0.39, 0.29) is 5.82 Å². The Balaban J connectivity index is 2.33. The van der Waals surface area contributed by atoms with Gasteiger partial charge in [-0.25, -0.2) is 23.5 Å². The van der Waals surface area contributed by atoms with Crippen molar-refractivity contribution in [3.05, 3.63) is 23.3 Å². The molecule has 5 nitrogen and oxygen atoms in total. The molecule has 0 aliphatic carbocycles. The minimum atomic E-state index is -2.95. The lowest BCUT2D eigenvalue weighted by atomic mass is 10.2. The van der Waals surface area contributed by atoms with Gasteiger partial charge in [-0.3, -0.25) is 0 Å². The first-order chi connectivity index (χ1) is 8.59. The van der Waals surface area contributed by atoms with Crippen LogP contribution in [0.25, 0.3) is 0 Å². The van der Waals surface area contributed by atoms with Gasteiger partial charge in [0.25, 0.3) is 6.43 Å². The number of ether oxygens (including phenoxy) is 1. The largest absolute Gasteiger partial charge is 0.478 e. The molecule has 1 aliphatic rings. The van der Waals surface area contributed by atoms with Crippen molar-refractivity contribution in [1.29, 1.82) is 0 Å². The number of alkyl halides is 2. The topological polar surface area (TPSA) is 72.3 Å². The van der Waals surface area contributed by atoms with Crippen LogP contribution in [-0.2, 0) is 4.74 Å². The summed E-state index contributed by atoms with van der Waals surface area (Å²) in [4.78, 5) is 18.2. The van der Waals surface area contributed by atoms with Gasteiger partial charge in [0.1, 0.15) is 17.4 Å². The number of carbonyl (C=O) groups is 1. The fraction of sp³-hybridized carbons (Fsp3) is 0.500. The Morgan fingerprint density at radius 1 is 1.61 bits per heavy atom. The third-order valence-electron chi connectivity index (χ3n) is 2.38. The number of rotatable bonds is 3. The second kappa shape index (κ2) is 5.57. The van der Waals surface area contributed by atoms with Crippen molar-refractivity contribution in [3.63, 3.8) is 0 Å². The van der Waals surface area contributed by atoms with E-state index in [1.54, 1.807) is 11.8 Å². The van der Waals surface area contributed by atoms with Crippen molar-refractivity contribution in [3.8, 4) is 0 Å². The molecule has 0 spiro atoms. The zero-order chi connectivity index (χ0) is 13.1. The molecule has 2 heterocycles. The van der Waals surface area contributed by atoms with Crippen molar-refractivity contribution in [2.45, 2.75) is 12.5 Å². The molecule has 1 saturated heterocycles. The minimum absolute atomic E-state index is 0.113. The van der Waals surface area contributed by atoms with Crippen LogP contribution in [0.2, 0.25) is 0 Å². The van der Waals surface area contributed by atoms with Crippen LogP contribution in [0.1, 0.15) is 34.4 Å². The quantitative estimate of drug-likeness (QED) is 0.909. The number of hydrogen-bond acceptors (Lipinski definition) is 5. The highest BCUT2D eigenvalue weighted by Gasteiger charge is 2.25. The van der Waals surface area contributed by atoms with E-state index in [4.69, 9.17) is 9.84 Å². The molecular weight excluding hydrogens is 266 g/mol. The highest BCUT2D eigenvalue weighted by Crippen LogP contribution is 2.27. The lowest BCUT2D eigenvalue weighted by molar-refractivity contribution is 0.0647. The maximum atomic E-state index is 12.7. The van der Waals surface area contributed by atoms with E-state index in [9.17, 15) is 13.6 Å². The van der Waals surface area contributed by atoms with Gasteiger partial charge in [0, 0.05) is 17.7 Å². The Bertz CT molecular complexity index is 453. The lowest BCUT2D eigenvalue weighted by Gasteiger charge is -2.21. The molecule has 1 N–H and O–H groups in total. The molecule has 0 amide bonds. The molecule has 1 atom stereocenters. The Hall–Kier alpha value is -1.28. The summed E-state index contributed by atoms with van der Waals surface area (Å²) in [5.41, 5.74) is -1.33. The number of carboxylic acids is 1.